The largest absolute Gasteiger partial charge is 0.480 e. The van der Waals surface area contributed by atoms with Crippen molar-refractivity contribution in [1.82, 2.24) is 31.0 Å². The van der Waals surface area contributed by atoms with Crippen LogP contribution >= 0.6 is 0 Å². The number of benzene rings is 1. The number of halogens is 1. The number of amides is 1. The minimum Gasteiger partial charge on any atom is -0.480 e. The van der Waals surface area contributed by atoms with Gasteiger partial charge in [0, 0.05) is 18.8 Å². The quantitative estimate of drug-likeness (QED) is 0.366. The van der Waals surface area contributed by atoms with Crippen LogP contribution in [0.2, 0.25) is 0 Å². The van der Waals surface area contributed by atoms with Gasteiger partial charge in [0.1, 0.15) is 24.1 Å². The highest BCUT2D eigenvalue weighted by atomic mass is 19.1. The number of rotatable bonds is 9. The molecule has 0 aliphatic rings. The maximum atomic E-state index is 13.0. The van der Waals surface area contributed by atoms with Crippen molar-refractivity contribution in [2.24, 2.45) is 0 Å². The first kappa shape index (κ1) is 22.0. The van der Waals surface area contributed by atoms with Gasteiger partial charge in [0.15, 0.2) is 0 Å². The number of hydrogen-bond acceptors (Lipinski definition) is 6. The van der Waals surface area contributed by atoms with Crippen molar-refractivity contribution >= 4 is 11.9 Å². The molecule has 0 spiro atoms. The molecule has 0 aliphatic heterocycles. The molecule has 1 aromatic carbocycles. The van der Waals surface area contributed by atoms with E-state index in [0.717, 1.165) is 5.56 Å². The summed E-state index contributed by atoms with van der Waals surface area (Å²) in [5, 5.41) is 25.7. The topological polar surface area (TPSA) is 137 Å². The molecule has 0 fully saturated rings. The van der Waals surface area contributed by atoms with Crippen LogP contribution in [-0.2, 0) is 17.9 Å². The van der Waals surface area contributed by atoms with E-state index in [1.54, 1.807) is 38.1 Å². The van der Waals surface area contributed by atoms with Crippen molar-refractivity contribution in [3.8, 4) is 11.4 Å². The Morgan fingerprint density at radius 2 is 2.00 bits per heavy atom. The van der Waals surface area contributed by atoms with Gasteiger partial charge in [-0.25, -0.2) is 9.37 Å². The Hall–Kier alpha value is -3.73. The summed E-state index contributed by atoms with van der Waals surface area (Å²) < 4.78 is 13.0. The third kappa shape index (κ3) is 6.12. The van der Waals surface area contributed by atoms with E-state index in [4.69, 9.17) is 5.11 Å². The average Bonchev–Trinajstić information content (AvgIpc) is 3.21. The molecular formula is C20H23FN7O3+. The van der Waals surface area contributed by atoms with Crippen molar-refractivity contribution in [2.75, 3.05) is 6.54 Å². The standard InChI is InChI=1S/C20H22FN7O3/c1-12-9-15(18-25-27-28(26-18)8-7-22-13(2)20(30)31)10-17(24-12)19(29)23-11-14-3-5-16(21)6-4-14/h3-6,9-10,13,22H,7-8,11H2,1-2H3,(H2,23,29,30,31)/p+1. The zero-order valence-corrected chi connectivity index (χ0v) is 17.1. The smallest absolute Gasteiger partial charge is 0.338 e. The summed E-state index contributed by atoms with van der Waals surface area (Å²) >= 11 is 0. The summed E-state index contributed by atoms with van der Waals surface area (Å²) in [5.41, 5.74) is 2.22. The fourth-order valence-corrected chi connectivity index (χ4v) is 2.75. The number of aromatic amines is 1. The summed E-state index contributed by atoms with van der Waals surface area (Å²) in [7, 11) is 0. The van der Waals surface area contributed by atoms with E-state index >= 15 is 0 Å². The van der Waals surface area contributed by atoms with Gasteiger partial charge >= 0.3 is 11.8 Å². The van der Waals surface area contributed by atoms with Gasteiger partial charge in [0.2, 0.25) is 0 Å². The first-order chi connectivity index (χ1) is 14.8. The Labute approximate surface area is 177 Å². The number of nitrogens with one attached hydrogen (secondary N) is 3. The van der Waals surface area contributed by atoms with Gasteiger partial charge in [0.25, 0.3) is 5.91 Å². The number of tetrazole rings is 1. The van der Waals surface area contributed by atoms with Gasteiger partial charge in [-0.3, -0.25) is 9.59 Å². The number of H-pyrrole nitrogens is 1. The number of aryl methyl sites for hydroxylation is 1. The summed E-state index contributed by atoms with van der Waals surface area (Å²) in [6.45, 7) is 4.34. The van der Waals surface area contributed by atoms with E-state index < -0.39 is 12.0 Å². The van der Waals surface area contributed by atoms with E-state index in [2.05, 4.69) is 31.0 Å². The van der Waals surface area contributed by atoms with Crippen LogP contribution in [0.4, 0.5) is 4.39 Å². The minimum absolute atomic E-state index is 0.213. The number of aliphatic carboxylic acids is 1. The fourth-order valence-electron chi connectivity index (χ4n) is 2.75. The van der Waals surface area contributed by atoms with Gasteiger partial charge < -0.3 is 15.7 Å². The first-order valence-corrected chi connectivity index (χ1v) is 9.62. The lowest BCUT2D eigenvalue weighted by molar-refractivity contribution is -0.803. The molecule has 2 heterocycles. The Morgan fingerprint density at radius 1 is 1.26 bits per heavy atom. The van der Waals surface area contributed by atoms with Crippen LogP contribution in [0, 0.1) is 12.7 Å². The summed E-state index contributed by atoms with van der Waals surface area (Å²) in [5.74, 6) is -1.26. The lowest BCUT2D eigenvalue weighted by Gasteiger charge is -2.06. The third-order valence-corrected chi connectivity index (χ3v) is 4.44. The normalized spacial score (nSPS) is 11.8. The molecule has 0 saturated heterocycles. The van der Waals surface area contributed by atoms with E-state index in [0.29, 0.717) is 30.2 Å². The van der Waals surface area contributed by atoms with Crippen LogP contribution in [0.5, 0.6) is 0 Å². The van der Waals surface area contributed by atoms with Crippen molar-refractivity contribution in [3.05, 3.63) is 59.2 Å². The molecule has 1 amide bonds. The van der Waals surface area contributed by atoms with Gasteiger partial charge in [-0.05, 0) is 54.0 Å². The van der Waals surface area contributed by atoms with Crippen LogP contribution < -0.4 is 15.4 Å². The van der Waals surface area contributed by atoms with Crippen molar-refractivity contribution in [3.63, 3.8) is 0 Å². The van der Waals surface area contributed by atoms with E-state index in [-0.39, 0.29) is 24.0 Å². The van der Waals surface area contributed by atoms with Gasteiger partial charge in [-0.2, -0.15) is 0 Å². The van der Waals surface area contributed by atoms with E-state index in [1.807, 2.05) is 0 Å². The number of carboxylic acids is 1. The molecule has 162 valence electrons. The molecule has 10 nitrogen and oxygen atoms in total. The molecule has 4 N–H and O–H groups in total. The molecule has 1 unspecified atom stereocenters. The first-order valence-electron chi connectivity index (χ1n) is 9.62. The van der Waals surface area contributed by atoms with Crippen LogP contribution in [0.25, 0.3) is 11.4 Å². The van der Waals surface area contributed by atoms with Crippen LogP contribution in [0.1, 0.15) is 28.7 Å². The molecular weight excluding hydrogens is 405 g/mol. The molecule has 0 radical (unpaired) electrons. The molecule has 0 aliphatic carbocycles. The maximum Gasteiger partial charge on any atom is 0.338 e. The summed E-state index contributed by atoms with van der Waals surface area (Å²) in [4.78, 5) is 29.1. The van der Waals surface area contributed by atoms with Gasteiger partial charge in [-0.15, -0.1) is 0 Å². The molecule has 31 heavy (non-hydrogen) atoms. The summed E-state index contributed by atoms with van der Waals surface area (Å²) in [6.07, 6.45) is 0. The Bertz CT molecular complexity index is 1070. The van der Waals surface area contributed by atoms with Crippen LogP contribution in [-0.4, -0.2) is 50.0 Å². The van der Waals surface area contributed by atoms with Crippen LogP contribution in [0.3, 0.4) is 0 Å². The number of nitrogens with zero attached hydrogens (tertiary/aromatic N) is 4. The van der Waals surface area contributed by atoms with Gasteiger partial charge in [-0.1, -0.05) is 16.9 Å². The highest BCUT2D eigenvalue weighted by molar-refractivity contribution is 5.93. The second kappa shape index (κ2) is 9.85. The molecule has 11 heteroatoms. The maximum absolute atomic E-state index is 13.0. The van der Waals surface area contributed by atoms with Crippen molar-refractivity contribution < 1.29 is 23.9 Å². The summed E-state index contributed by atoms with van der Waals surface area (Å²) in [6, 6.07) is 8.55. The molecule has 3 rings (SSSR count). The SMILES string of the molecule is Cc1cc(-c2n[nH][n+](CCNC(C)C(=O)O)n2)cc(C(=O)NCc2ccc(F)cc2)n1. The van der Waals surface area contributed by atoms with Gasteiger partial charge in [0.05, 0.1) is 10.7 Å². The Kier molecular flexibility index (Phi) is 6.98. The number of carboxylic acid groups (broad SMARTS) is 1. The predicted molar refractivity (Wildman–Crippen MR) is 107 cm³/mol. The lowest BCUT2D eigenvalue weighted by Crippen LogP contribution is -2.46. The van der Waals surface area contributed by atoms with Crippen LogP contribution in [0.15, 0.2) is 36.4 Å². The number of aromatic nitrogens is 5. The zero-order valence-electron chi connectivity index (χ0n) is 17.1. The molecule has 0 bridgehead atoms. The second-order valence-corrected chi connectivity index (χ2v) is 6.96. The number of pyridine rings is 1. The highest BCUT2D eigenvalue weighted by Crippen LogP contribution is 2.15. The Balaban J connectivity index is 1.65. The third-order valence-electron chi connectivity index (χ3n) is 4.44. The molecule has 0 saturated carbocycles. The van der Waals surface area contributed by atoms with E-state index in [9.17, 15) is 14.0 Å². The van der Waals surface area contributed by atoms with E-state index in [1.165, 1.54) is 16.9 Å². The molecule has 3 aromatic rings. The number of hydrogen-bond donors (Lipinski definition) is 4. The fraction of sp³-hybridized carbons (Fsp3) is 0.300. The molecule has 1 atom stereocenters. The lowest BCUT2D eigenvalue weighted by atomic mass is 10.1. The average molecular weight is 428 g/mol. The Morgan fingerprint density at radius 3 is 2.71 bits per heavy atom. The predicted octanol–water partition coefficient (Wildman–Crippen LogP) is 0.594. The van der Waals surface area contributed by atoms with Crippen molar-refractivity contribution in [1.29, 1.82) is 0 Å². The number of carbonyl (C=O) groups is 2. The van der Waals surface area contributed by atoms with Crippen molar-refractivity contribution in [2.45, 2.75) is 33.0 Å². The number of carbonyl (C=O) groups excluding carboxylic acids is 1. The zero-order chi connectivity index (χ0) is 22.4. The second-order valence-electron chi connectivity index (χ2n) is 6.96. The highest BCUT2D eigenvalue weighted by Gasteiger charge is 2.18. The monoisotopic (exact) mass is 428 g/mol. The minimum atomic E-state index is -0.930. The molecule has 2 aromatic heterocycles.